The minimum atomic E-state index is 0.436. The van der Waals surface area contributed by atoms with E-state index in [9.17, 15) is 15.7 Å². The molecule has 12 aromatic rings. The van der Waals surface area contributed by atoms with Crippen molar-refractivity contribution in [2.45, 2.75) is 0 Å². The van der Waals surface area contributed by atoms with Crippen LogP contribution in [0.15, 0.2) is 162 Å². The Kier molecular flexibility index (Phi) is 6.21. The summed E-state index contributed by atoms with van der Waals surface area (Å²) in [4.78, 5) is 0. The van der Waals surface area contributed by atoms with Crippen LogP contribution in [0.3, 0.4) is 0 Å². The lowest BCUT2D eigenvalue weighted by Gasteiger charge is -2.19. The molecule has 0 aliphatic heterocycles. The highest BCUT2D eigenvalue weighted by atomic mass is 16.5. The molecule has 0 saturated heterocycles. The summed E-state index contributed by atoms with van der Waals surface area (Å²) < 4.78 is 11.9. The van der Waals surface area contributed by atoms with E-state index in [1.807, 2.05) is 109 Å². The van der Waals surface area contributed by atoms with Crippen LogP contribution in [0.4, 0.5) is 0 Å². The number of nitriles is 2. The molecule has 0 unspecified atom stereocenters. The van der Waals surface area contributed by atoms with Gasteiger partial charge in [-0.25, -0.2) is 0 Å². The molecule has 0 spiro atoms. The van der Waals surface area contributed by atoms with Crippen LogP contribution in [0.5, 0.6) is 0 Å². The summed E-state index contributed by atoms with van der Waals surface area (Å²) in [6.07, 6.45) is 0. The molecule has 0 aliphatic carbocycles. The minimum Gasteiger partial charge on any atom is -0.805 e. The van der Waals surface area contributed by atoms with Crippen LogP contribution >= 0.6 is 0 Å². The van der Waals surface area contributed by atoms with Crippen molar-refractivity contribution in [1.29, 1.82) is 10.5 Å². The molecule has 0 fully saturated rings. The SMILES string of the molecule is N#Cc1cc(-c2cccc(C#N)c2-n2c3ccccc3c3ccc4c5ccccc5n([O-])c4c32)cc(-n2c3ccccc3c3ccc4c5ccccc5oc4c32)c1. The van der Waals surface area contributed by atoms with Crippen molar-refractivity contribution in [2.75, 3.05) is 0 Å². The highest BCUT2D eigenvalue weighted by molar-refractivity contribution is 6.24. The summed E-state index contributed by atoms with van der Waals surface area (Å²) in [5.41, 5.74) is 9.95. The van der Waals surface area contributed by atoms with Crippen LogP contribution in [-0.4, -0.2) is 13.9 Å². The number of aromatic nitrogens is 3. The topological polar surface area (TPSA) is 98.6 Å². The summed E-state index contributed by atoms with van der Waals surface area (Å²) in [7, 11) is 0. The molecule has 0 atom stereocenters. The molecule has 8 aromatic carbocycles. The first-order valence-corrected chi connectivity index (χ1v) is 18.7. The number of furan rings is 1. The second kappa shape index (κ2) is 11.4. The molecule has 264 valence electrons. The van der Waals surface area contributed by atoms with E-state index in [4.69, 9.17) is 4.42 Å². The quantitative estimate of drug-likeness (QED) is 0.181. The van der Waals surface area contributed by atoms with E-state index in [2.05, 4.69) is 69.8 Å². The minimum absolute atomic E-state index is 0.436. The van der Waals surface area contributed by atoms with Gasteiger partial charge in [-0.05, 0) is 60.2 Å². The molecule has 4 heterocycles. The maximum atomic E-state index is 14.3. The van der Waals surface area contributed by atoms with Crippen molar-refractivity contribution >= 4 is 87.4 Å². The lowest BCUT2D eigenvalue weighted by Crippen LogP contribution is -2.03. The molecule has 0 aliphatic rings. The Labute approximate surface area is 323 Å². The molecule has 57 heavy (non-hydrogen) atoms. The first-order chi connectivity index (χ1) is 28.1. The van der Waals surface area contributed by atoms with Gasteiger partial charge in [0.1, 0.15) is 11.7 Å². The number of para-hydroxylation sites is 5. The van der Waals surface area contributed by atoms with Crippen molar-refractivity contribution < 1.29 is 4.42 Å². The third-order valence-electron chi connectivity index (χ3n) is 11.6. The lowest BCUT2D eigenvalue weighted by atomic mass is 9.97. The van der Waals surface area contributed by atoms with E-state index in [-0.39, 0.29) is 0 Å². The number of hydrogen-bond acceptors (Lipinski definition) is 4. The molecular weight excluding hydrogens is 703 g/mol. The van der Waals surface area contributed by atoms with E-state index in [0.717, 1.165) is 97.9 Å². The molecular formula is C50H26N5O2-. The van der Waals surface area contributed by atoms with Crippen LogP contribution in [-0.2, 0) is 0 Å². The molecule has 12 rings (SSSR count). The van der Waals surface area contributed by atoms with Crippen molar-refractivity contribution in [2.24, 2.45) is 0 Å². The van der Waals surface area contributed by atoms with Crippen LogP contribution in [0.25, 0.3) is 110 Å². The Balaban J connectivity index is 1.21. The average Bonchev–Trinajstić information content (AvgIpc) is 4.00. The first kappa shape index (κ1) is 31.1. The van der Waals surface area contributed by atoms with Crippen molar-refractivity contribution in [3.05, 3.63) is 174 Å². The Hall–Kier alpha value is -8.26. The van der Waals surface area contributed by atoms with Crippen LogP contribution in [0.1, 0.15) is 11.1 Å². The van der Waals surface area contributed by atoms with Gasteiger partial charge in [0.2, 0.25) is 0 Å². The van der Waals surface area contributed by atoms with Gasteiger partial charge in [0.25, 0.3) is 0 Å². The second-order valence-electron chi connectivity index (χ2n) is 14.5. The van der Waals surface area contributed by atoms with Gasteiger partial charge in [-0.1, -0.05) is 103 Å². The number of hydrogen-bond donors (Lipinski definition) is 0. The summed E-state index contributed by atoms with van der Waals surface area (Å²) in [5, 5.41) is 43.4. The summed E-state index contributed by atoms with van der Waals surface area (Å²) in [6.45, 7) is 0. The monoisotopic (exact) mass is 728 g/mol. The maximum absolute atomic E-state index is 14.3. The van der Waals surface area contributed by atoms with Crippen LogP contribution in [0, 0.1) is 27.9 Å². The van der Waals surface area contributed by atoms with E-state index >= 15 is 0 Å². The van der Waals surface area contributed by atoms with Gasteiger partial charge in [0, 0.05) is 59.9 Å². The Morgan fingerprint density at radius 2 is 1.07 bits per heavy atom. The molecule has 0 amide bonds. The van der Waals surface area contributed by atoms with Crippen molar-refractivity contribution in [3.63, 3.8) is 0 Å². The fourth-order valence-electron chi connectivity index (χ4n) is 9.26. The second-order valence-corrected chi connectivity index (χ2v) is 14.5. The summed E-state index contributed by atoms with van der Waals surface area (Å²) in [6, 6.07) is 56.9. The fraction of sp³-hybridized carbons (Fsp3) is 0. The zero-order valence-electron chi connectivity index (χ0n) is 30.1. The Morgan fingerprint density at radius 3 is 1.79 bits per heavy atom. The molecule has 4 aromatic heterocycles. The van der Waals surface area contributed by atoms with E-state index < -0.39 is 0 Å². The zero-order valence-corrected chi connectivity index (χ0v) is 30.1. The number of nitrogens with zero attached hydrogens (tertiary/aromatic N) is 5. The molecule has 0 N–H and O–H groups in total. The average molecular weight is 729 g/mol. The predicted octanol–water partition coefficient (Wildman–Crippen LogP) is 12.6. The summed E-state index contributed by atoms with van der Waals surface area (Å²) in [5.74, 6) is 0. The molecule has 7 nitrogen and oxygen atoms in total. The normalized spacial score (nSPS) is 11.9. The van der Waals surface area contributed by atoms with Gasteiger partial charge in [-0.3, -0.25) is 0 Å². The number of benzene rings is 8. The standard InChI is InChI=1S/C50H26N5O2/c51-27-29-24-31(26-32(25-29)53-42-16-5-1-12-35(42)40-22-23-41-37-14-4-8-19-45(37)57-50(41)49(40)53)33-15-9-10-30(28-52)46(33)54-43-17-6-2-11-34(43)38-20-21-39-36-13-3-7-18-44(36)55(56)48(39)47(38)54/h1-26H/q-1. The smallest absolute Gasteiger partial charge is 0.160 e. The Bertz CT molecular complexity index is 3800. The van der Waals surface area contributed by atoms with E-state index in [0.29, 0.717) is 27.8 Å². The van der Waals surface area contributed by atoms with Crippen LogP contribution in [0.2, 0.25) is 0 Å². The summed E-state index contributed by atoms with van der Waals surface area (Å²) >= 11 is 0. The molecule has 0 radical (unpaired) electrons. The number of fused-ring (bicyclic) bond motifs is 14. The van der Waals surface area contributed by atoms with E-state index in [1.54, 1.807) is 0 Å². The van der Waals surface area contributed by atoms with Gasteiger partial charge >= 0.3 is 0 Å². The fourth-order valence-corrected chi connectivity index (χ4v) is 9.26. The number of rotatable bonds is 3. The van der Waals surface area contributed by atoms with E-state index in [1.165, 1.54) is 0 Å². The third-order valence-corrected chi connectivity index (χ3v) is 11.6. The Morgan fingerprint density at radius 1 is 0.474 bits per heavy atom. The van der Waals surface area contributed by atoms with Crippen molar-refractivity contribution in [1.82, 2.24) is 13.9 Å². The lowest BCUT2D eigenvalue weighted by molar-refractivity contribution is 0.671. The molecule has 7 heteroatoms. The third kappa shape index (κ3) is 4.12. The van der Waals surface area contributed by atoms with Gasteiger partial charge in [0.15, 0.2) is 5.58 Å². The van der Waals surface area contributed by atoms with Gasteiger partial charge in [-0.2, -0.15) is 10.5 Å². The highest BCUT2D eigenvalue weighted by Crippen LogP contribution is 2.44. The molecule has 0 bridgehead atoms. The highest BCUT2D eigenvalue weighted by Gasteiger charge is 2.24. The van der Waals surface area contributed by atoms with Crippen molar-refractivity contribution in [3.8, 4) is 34.6 Å². The zero-order chi connectivity index (χ0) is 37.9. The maximum Gasteiger partial charge on any atom is 0.160 e. The van der Waals surface area contributed by atoms with Gasteiger partial charge in [-0.15, -0.1) is 0 Å². The first-order valence-electron chi connectivity index (χ1n) is 18.7. The predicted molar refractivity (Wildman–Crippen MR) is 229 cm³/mol. The van der Waals surface area contributed by atoms with Gasteiger partial charge < -0.3 is 23.5 Å². The van der Waals surface area contributed by atoms with Crippen LogP contribution < -0.4 is 0 Å². The van der Waals surface area contributed by atoms with Gasteiger partial charge in [0.05, 0.1) is 50.5 Å². The largest absolute Gasteiger partial charge is 0.805 e. The molecule has 0 saturated carbocycles.